The number of amides is 2. The van der Waals surface area contributed by atoms with Gasteiger partial charge in [-0.3, -0.25) is 14.4 Å². The second kappa shape index (κ2) is 8.89. The zero-order valence-electron chi connectivity index (χ0n) is 18.8. The largest absolute Gasteiger partial charge is 0.481 e. The van der Waals surface area contributed by atoms with E-state index in [9.17, 15) is 23.2 Å². The van der Waals surface area contributed by atoms with Gasteiger partial charge in [-0.25, -0.2) is 8.78 Å². The normalized spacial score (nSPS) is 18.5. The second-order valence-corrected chi connectivity index (χ2v) is 8.69. The summed E-state index contributed by atoms with van der Waals surface area (Å²) in [5, 5.41) is 1.08. The third-order valence-electron chi connectivity index (χ3n) is 6.09. The number of carbonyl (C=O) groups excluding carboxylic acids is 2. The molecule has 1 aliphatic rings. The van der Waals surface area contributed by atoms with Crippen LogP contribution in [0.2, 0.25) is 0 Å². The van der Waals surface area contributed by atoms with Gasteiger partial charge in [-0.2, -0.15) is 0 Å². The molecule has 4 rings (SSSR count). The Balaban J connectivity index is 1.59. The third kappa shape index (κ3) is 4.64. The van der Waals surface area contributed by atoms with Crippen LogP contribution < -0.4 is 16.0 Å². The molecule has 2 aromatic carbocycles. The molecule has 2 atom stereocenters. The number of alkyl halides is 2. The highest BCUT2D eigenvalue weighted by Gasteiger charge is 2.44. The van der Waals surface area contributed by atoms with Crippen LogP contribution in [-0.4, -0.2) is 46.8 Å². The molecule has 178 valence electrons. The first-order chi connectivity index (χ1) is 16.1. The van der Waals surface area contributed by atoms with E-state index < -0.39 is 42.7 Å². The molecule has 2 heterocycles. The highest BCUT2D eigenvalue weighted by Crippen LogP contribution is 2.32. The molecule has 3 aromatic rings. The third-order valence-corrected chi connectivity index (χ3v) is 6.09. The molecule has 1 fully saturated rings. The molecule has 34 heavy (non-hydrogen) atoms. The lowest BCUT2D eigenvalue weighted by Crippen LogP contribution is -2.55. The quantitative estimate of drug-likeness (QED) is 0.598. The van der Waals surface area contributed by atoms with Gasteiger partial charge in [0.15, 0.2) is 6.10 Å². The highest BCUT2D eigenvalue weighted by molar-refractivity contribution is 5.97. The van der Waals surface area contributed by atoms with Crippen LogP contribution in [0.25, 0.3) is 21.9 Å². The number of aromatic nitrogens is 1. The standard InChI is InChI=1S/C25H25F2N3O4/c1-14-5-3-4-6-18(14)21-11-29-23(32)20-9-17(7-8-19(20)21)34-15(2)24(33)30-12-16(22(28)31)10-25(26,27)13-30/h3-9,11,15-16H,10,12-13H2,1-2H3,(H2,28,31)(H,29,32)/t15-,16-/m1/s1. The summed E-state index contributed by atoms with van der Waals surface area (Å²) in [4.78, 5) is 40.4. The molecule has 9 heteroatoms. The van der Waals surface area contributed by atoms with Crippen LogP contribution in [0.5, 0.6) is 5.75 Å². The summed E-state index contributed by atoms with van der Waals surface area (Å²) in [5.74, 6) is -5.65. The molecule has 1 saturated heterocycles. The number of primary amides is 1. The molecular weight excluding hydrogens is 444 g/mol. The number of H-pyrrole nitrogens is 1. The van der Waals surface area contributed by atoms with E-state index in [1.807, 2.05) is 31.2 Å². The maximum atomic E-state index is 14.1. The Morgan fingerprint density at radius 1 is 1.18 bits per heavy atom. The fourth-order valence-electron chi connectivity index (χ4n) is 4.38. The number of halogens is 2. The molecule has 1 aromatic heterocycles. The van der Waals surface area contributed by atoms with Crippen LogP contribution in [0.3, 0.4) is 0 Å². The number of rotatable bonds is 5. The zero-order valence-corrected chi connectivity index (χ0v) is 18.8. The molecule has 0 aliphatic carbocycles. The average molecular weight is 469 g/mol. The first kappa shape index (κ1) is 23.4. The van der Waals surface area contributed by atoms with E-state index in [1.165, 1.54) is 13.0 Å². The molecule has 1 aliphatic heterocycles. The van der Waals surface area contributed by atoms with Crippen molar-refractivity contribution in [2.45, 2.75) is 32.3 Å². The molecule has 0 bridgehead atoms. The highest BCUT2D eigenvalue weighted by atomic mass is 19.3. The first-order valence-electron chi connectivity index (χ1n) is 10.9. The first-order valence-corrected chi connectivity index (χ1v) is 10.9. The monoisotopic (exact) mass is 469 g/mol. The number of nitrogens with zero attached hydrogens (tertiary/aromatic N) is 1. The molecule has 7 nitrogen and oxygen atoms in total. The maximum absolute atomic E-state index is 14.1. The van der Waals surface area contributed by atoms with E-state index >= 15 is 0 Å². The summed E-state index contributed by atoms with van der Waals surface area (Å²) in [7, 11) is 0. The Bertz CT molecular complexity index is 1320. The van der Waals surface area contributed by atoms with Gasteiger partial charge >= 0.3 is 0 Å². The molecule has 0 spiro atoms. The van der Waals surface area contributed by atoms with Crippen LogP contribution >= 0.6 is 0 Å². The number of aryl methyl sites for hydroxylation is 1. The summed E-state index contributed by atoms with van der Waals surface area (Å²) in [6, 6.07) is 12.7. The van der Waals surface area contributed by atoms with E-state index in [4.69, 9.17) is 10.5 Å². The van der Waals surface area contributed by atoms with Crippen molar-refractivity contribution in [2.24, 2.45) is 11.7 Å². The number of hydrogen-bond donors (Lipinski definition) is 2. The van der Waals surface area contributed by atoms with Gasteiger partial charge in [-0.05, 0) is 48.6 Å². The number of nitrogens with one attached hydrogen (secondary N) is 1. The minimum absolute atomic E-state index is 0.186. The lowest BCUT2D eigenvalue weighted by Gasteiger charge is -2.37. The van der Waals surface area contributed by atoms with Crippen LogP contribution in [0.4, 0.5) is 8.78 Å². The predicted octanol–water partition coefficient (Wildman–Crippen LogP) is 3.24. The lowest BCUT2D eigenvalue weighted by molar-refractivity contribution is -0.154. The Labute approximate surface area is 194 Å². The van der Waals surface area contributed by atoms with Gasteiger partial charge in [0.2, 0.25) is 5.91 Å². The number of piperidine rings is 1. The van der Waals surface area contributed by atoms with Gasteiger partial charge in [0.05, 0.1) is 17.8 Å². The van der Waals surface area contributed by atoms with Gasteiger partial charge in [-0.15, -0.1) is 0 Å². The van der Waals surface area contributed by atoms with E-state index in [0.717, 1.165) is 21.6 Å². The number of pyridine rings is 1. The topological polar surface area (TPSA) is 105 Å². The van der Waals surface area contributed by atoms with Crippen molar-refractivity contribution in [1.82, 2.24) is 9.88 Å². The number of carbonyl (C=O) groups is 2. The zero-order chi connectivity index (χ0) is 24.6. The van der Waals surface area contributed by atoms with Crippen LogP contribution in [0.1, 0.15) is 18.9 Å². The molecule has 0 radical (unpaired) electrons. The van der Waals surface area contributed by atoms with E-state index in [0.29, 0.717) is 10.8 Å². The van der Waals surface area contributed by atoms with E-state index in [2.05, 4.69) is 4.98 Å². The summed E-state index contributed by atoms with van der Waals surface area (Å²) in [5.41, 5.74) is 7.74. The fourth-order valence-corrected chi connectivity index (χ4v) is 4.38. The Morgan fingerprint density at radius 3 is 2.62 bits per heavy atom. The summed E-state index contributed by atoms with van der Waals surface area (Å²) in [6.45, 7) is 2.42. The van der Waals surface area contributed by atoms with Crippen molar-refractivity contribution >= 4 is 22.6 Å². The van der Waals surface area contributed by atoms with Crippen molar-refractivity contribution in [3.8, 4) is 16.9 Å². The average Bonchev–Trinajstić information content (AvgIpc) is 2.78. The summed E-state index contributed by atoms with van der Waals surface area (Å²) < 4.78 is 33.8. The van der Waals surface area contributed by atoms with Gasteiger partial charge < -0.3 is 20.4 Å². The smallest absolute Gasteiger partial charge is 0.266 e. The van der Waals surface area contributed by atoms with Gasteiger partial charge in [0, 0.05) is 24.7 Å². The minimum Gasteiger partial charge on any atom is -0.481 e. The number of ether oxygens (including phenoxy) is 1. The fraction of sp³-hybridized carbons (Fsp3) is 0.320. The molecule has 2 amide bonds. The van der Waals surface area contributed by atoms with Crippen molar-refractivity contribution in [2.75, 3.05) is 13.1 Å². The van der Waals surface area contributed by atoms with Crippen molar-refractivity contribution < 1.29 is 23.1 Å². The van der Waals surface area contributed by atoms with Gasteiger partial charge in [0.1, 0.15) is 5.75 Å². The van der Waals surface area contributed by atoms with Crippen molar-refractivity contribution in [1.29, 1.82) is 0 Å². The predicted molar refractivity (Wildman–Crippen MR) is 124 cm³/mol. The number of likely N-dealkylation sites (tertiary alicyclic amines) is 1. The SMILES string of the molecule is Cc1ccccc1-c1c[nH]c(=O)c2cc(O[C@H](C)C(=O)N3C[C@H](C(N)=O)CC(F)(F)C3)ccc12. The van der Waals surface area contributed by atoms with E-state index in [-0.39, 0.29) is 17.9 Å². The van der Waals surface area contributed by atoms with Crippen LogP contribution in [0.15, 0.2) is 53.5 Å². The molecular formula is C25H25F2N3O4. The van der Waals surface area contributed by atoms with E-state index in [1.54, 1.807) is 18.3 Å². The van der Waals surface area contributed by atoms with Gasteiger partial charge in [-0.1, -0.05) is 24.3 Å². The van der Waals surface area contributed by atoms with Gasteiger partial charge in [0.25, 0.3) is 17.4 Å². The second-order valence-electron chi connectivity index (χ2n) is 8.69. The molecule has 0 unspecified atom stereocenters. The lowest BCUT2D eigenvalue weighted by atomic mass is 9.94. The summed E-state index contributed by atoms with van der Waals surface area (Å²) in [6.07, 6.45) is -0.137. The van der Waals surface area contributed by atoms with Crippen molar-refractivity contribution in [3.05, 3.63) is 64.6 Å². The Morgan fingerprint density at radius 2 is 1.91 bits per heavy atom. The van der Waals surface area contributed by atoms with Crippen LogP contribution in [0, 0.1) is 12.8 Å². The molecule has 3 N–H and O–H groups in total. The number of nitrogens with two attached hydrogens (primary N) is 1. The number of hydrogen-bond acceptors (Lipinski definition) is 4. The summed E-state index contributed by atoms with van der Waals surface area (Å²) >= 11 is 0. The Kier molecular flexibility index (Phi) is 6.12. The Hall–Kier alpha value is -3.75. The van der Waals surface area contributed by atoms with Crippen LogP contribution in [-0.2, 0) is 9.59 Å². The minimum atomic E-state index is -3.21. The molecule has 0 saturated carbocycles. The maximum Gasteiger partial charge on any atom is 0.266 e. The number of benzene rings is 2. The number of fused-ring (bicyclic) bond motifs is 1. The number of aromatic amines is 1. The van der Waals surface area contributed by atoms with Crippen molar-refractivity contribution in [3.63, 3.8) is 0 Å².